The molecule has 0 radical (unpaired) electrons. The van der Waals surface area contributed by atoms with E-state index in [-0.39, 0.29) is 18.1 Å². The first-order valence-electron chi connectivity index (χ1n) is 4.83. The van der Waals surface area contributed by atoms with E-state index in [9.17, 15) is 4.79 Å². The fourth-order valence-corrected chi connectivity index (χ4v) is 1.21. The van der Waals surface area contributed by atoms with Crippen molar-refractivity contribution in [2.24, 2.45) is 5.73 Å². The van der Waals surface area contributed by atoms with Gasteiger partial charge in [0.25, 0.3) is 0 Å². The number of rotatable bonds is 5. The monoisotopic (exact) mass is 217 g/mol. The molecule has 14 heavy (non-hydrogen) atoms. The molecule has 82 valence electrons. The minimum Gasteiger partial charge on any atom is -0.392 e. The molecule has 4 nitrogen and oxygen atoms in total. The molecule has 0 aliphatic heterocycles. The van der Waals surface area contributed by atoms with Gasteiger partial charge >= 0.3 is 6.03 Å². The number of thiocarbonyl (C=S) groups is 1. The van der Waals surface area contributed by atoms with Crippen molar-refractivity contribution in [2.45, 2.75) is 45.7 Å². The van der Waals surface area contributed by atoms with E-state index in [1.807, 2.05) is 20.8 Å². The molecule has 0 aromatic carbocycles. The molecular weight excluding hydrogens is 198 g/mol. The van der Waals surface area contributed by atoms with Crippen LogP contribution in [0, 0.1) is 0 Å². The van der Waals surface area contributed by atoms with E-state index in [2.05, 4.69) is 10.6 Å². The normalized spacial score (nSPS) is 12.3. The fourth-order valence-electron chi connectivity index (χ4n) is 1.04. The number of hydrogen-bond acceptors (Lipinski definition) is 2. The van der Waals surface area contributed by atoms with Crippen molar-refractivity contribution in [3.8, 4) is 0 Å². The van der Waals surface area contributed by atoms with Crippen LogP contribution in [0.3, 0.4) is 0 Å². The van der Waals surface area contributed by atoms with E-state index >= 15 is 0 Å². The lowest BCUT2D eigenvalue weighted by Crippen LogP contribution is -2.49. The molecule has 0 heterocycles. The van der Waals surface area contributed by atoms with E-state index in [4.69, 9.17) is 18.0 Å². The highest BCUT2D eigenvalue weighted by Crippen LogP contribution is 1.96. The molecule has 0 saturated carbocycles. The summed E-state index contributed by atoms with van der Waals surface area (Å²) in [5.41, 5.74) is 5.49. The van der Waals surface area contributed by atoms with Crippen molar-refractivity contribution in [1.29, 1.82) is 0 Å². The SMILES string of the molecule is CCCC(NC(=O)NC(C)C)C(N)=S. The first kappa shape index (κ1) is 13.2. The Morgan fingerprint density at radius 1 is 1.43 bits per heavy atom. The topological polar surface area (TPSA) is 67.2 Å². The highest BCUT2D eigenvalue weighted by molar-refractivity contribution is 7.80. The van der Waals surface area contributed by atoms with Gasteiger partial charge in [0.2, 0.25) is 0 Å². The second-order valence-corrected chi connectivity index (χ2v) is 3.99. The van der Waals surface area contributed by atoms with Crippen molar-refractivity contribution in [1.82, 2.24) is 10.6 Å². The maximum absolute atomic E-state index is 11.3. The van der Waals surface area contributed by atoms with Crippen molar-refractivity contribution in [3.63, 3.8) is 0 Å². The summed E-state index contributed by atoms with van der Waals surface area (Å²) in [6.07, 6.45) is 1.71. The molecule has 2 amide bonds. The second kappa shape index (κ2) is 6.59. The van der Waals surface area contributed by atoms with Crippen LogP contribution in [0.5, 0.6) is 0 Å². The van der Waals surface area contributed by atoms with Gasteiger partial charge in [-0.1, -0.05) is 25.6 Å². The molecule has 0 rings (SSSR count). The Hall–Kier alpha value is -0.840. The lowest BCUT2D eigenvalue weighted by Gasteiger charge is -2.18. The van der Waals surface area contributed by atoms with Gasteiger partial charge in [0.05, 0.1) is 11.0 Å². The summed E-state index contributed by atoms with van der Waals surface area (Å²) < 4.78 is 0. The van der Waals surface area contributed by atoms with Crippen molar-refractivity contribution in [2.75, 3.05) is 0 Å². The molecule has 0 bridgehead atoms. The Labute approximate surface area is 90.6 Å². The smallest absolute Gasteiger partial charge is 0.315 e. The first-order chi connectivity index (χ1) is 6.47. The Morgan fingerprint density at radius 2 is 2.00 bits per heavy atom. The van der Waals surface area contributed by atoms with Crippen LogP contribution < -0.4 is 16.4 Å². The predicted octanol–water partition coefficient (Wildman–Crippen LogP) is 1.15. The number of amides is 2. The van der Waals surface area contributed by atoms with Crippen LogP contribution in [0.15, 0.2) is 0 Å². The third kappa shape index (κ3) is 5.75. The highest BCUT2D eigenvalue weighted by atomic mass is 32.1. The molecule has 0 aromatic rings. The number of urea groups is 1. The second-order valence-electron chi connectivity index (χ2n) is 3.52. The molecule has 0 aromatic heterocycles. The largest absolute Gasteiger partial charge is 0.392 e. The molecule has 4 N–H and O–H groups in total. The minimum atomic E-state index is -0.216. The molecule has 0 spiro atoms. The average molecular weight is 217 g/mol. The van der Waals surface area contributed by atoms with E-state index in [0.717, 1.165) is 12.8 Å². The third-order valence-corrected chi connectivity index (χ3v) is 1.93. The molecule has 0 saturated heterocycles. The van der Waals surface area contributed by atoms with Gasteiger partial charge in [-0.2, -0.15) is 0 Å². The summed E-state index contributed by atoms with van der Waals surface area (Å²) in [7, 11) is 0. The molecule has 0 aliphatic carbocycles. The molecule has 0 aliphatic rings. The zero-order valence-corrected chi connectivity index (χ0v) is 9.78. The Morgan fingerprint density at radius 3 is 2.36 bits per heavy atom. The van der Waals surface area contributed by atoms with Gasteiger partial charge in [-0.25, -0.2) is 4.79 Å². The predicted molar refractivity (Wildman–Crippen MR) is 62.3 cm³/mol. The van der Waals surface area contributed by atoms with E-state index in [1.54, 1.807) is 0 Å². The lowest BCUT2D eigenvalue weighted by molar-refractivity contribution is 0.236. The van der Waals surface area contributed by atoms with Gasteiger partial charge < -0.3 is 16.4 Å². The Bertz CT molecular complexity index is 206. The summed E-state index contributed by atoms with van der Waals surface area (Å²) in [5.74, 6) is 0. The number of carbonyl (C=O) groups is 1. The standard InChI is InChI=1S/C9H19N3OS/c1-4-5-7(8(10)14)12-9(13)11-6(2)3/h6-7H,4-5H2,1-3H3,(H2,10,14)(H2,11,12,13). The zero-order valence-electron chi connectivity index (χ0n) is 8.96. The van der Waals surface area contributed by atoms with Crippen LogP contribution in [0.25, 0.3) is 0 Å². The zero-order chi connectivity index (χ0) is 11.1. The molecular formula is C9H19N3OS. The Balaban J connectivity index is 4.02. The number of hydrogen-bond donors (Lipinski definition) is 3. The van der Waals surface area contributed by atoms with Gasteiger partial charge in [0.15, 0.2) is 0 Å². The van der Waals surface area contributed by atoms with E-state index < -0.39 is 0 Å². The van der Waals surface area contributed by atoms with Crippen LogP contribution in [0.1, 0.15) is 33.6 Å². The van der Waals surface area contributed by atoms with Crippen molar-refractivity contribution in [3.05, 3.63) is 0 Å². The fraction of sp³-hybridized carbons (Fsp3) is 0.778. The van der Waals surface area contributed by atoms with Crippen LogP contribution in [0.2, 0.25) is 0 Å². The quantitative estimate of drug-likeness (QED) is 0.605. The van der Waals surface area contributed by atoms with Gasteiger partial charge in [-0.3, -0.25) is 0 Å². The summed E-state index contributed by atoms with van der Waals surface area (Å²) >= 11 is 4.85. The molecule has 5 heteroatoms. The van der Waals surface area contributed by atoms with Gasteiger partial charge in [0, 0.05) is 6.04 Å². The molecule has 0 fully saturated rings. The lowest BCUT2D eigenvalue weighted by atomic mass is 10.2. The molecule has 1 unspecified atom stereocenters. The van der Waals surface area contributed by atoms with Gasteiger partial charge in [0.1, 0.15) is 0 Å². The van der Waals surface area contributed by atoms with Crippen molar-refractivity contribution >= 4 is 23.2 Å². The third-order valence-electron chi connectivity index (χ3n) is 1.65. The van der Waals surface area contributed by atoms with Gasteiger partial charge in [-0.05, 0) is 20.3 Å². The molecule has 1 atom stereocenters. The minimum absolute atomic E-state index is 0.114. The first-order valence-corrected chi connectivity index (χ1v) is 5.24. The number of nitrogens with one attached hydrogen (secondary N) is 2. The Kier molecular flexibility index (Phi) is 6.19. The van der Waals surface area contributed by atoms with Crippen LogP contribution >= 0.6 is 12.2 Å². The summed E-state index contributed by atoms with van der Waals surface area (Å²) in [4.78, 5) is 11.6. The van der Waals surface area contributed by atoms with Gasteiger partial charge in [-0.15, -0.1) is 0 Å². The van der Waals surface area contributed by atoms with Crippen LogP contribution in [0.4, 0.5) is 4.79 Å². The average Bonchev–Trinajstić information content (AvgIpc) is 2.01. The van der Waals surface area contributed by atoms with Crippen molar-refractivity contribution < 1.29 is 4.79 Å². The maximum atomic E-state index is 11.3. The summed E-state index contributed by atoms with van der Waals surface area (Å²) in [6.45, 7) is 5.82. The summed E-state index contributed by atoms with van der Waals surface area (Å²) in [6, 6.07) is -0.302. The number of nitrogens with two attached hydrogens (primary N) is 1. The van der Waals surface area contributed by atoms with E-state index in [0.29, 0.717) is 4.99 Å². The summed E-state index contributed by atoms with van der Waals surface area (Å²) in [5, 5.41) is 5.45. The number of carbonyl (C=O) groups excluding carboxylic acids is 1. The highest BCUT2D eigenvalue weighted by Gasteiger charge is 2.13. The van der Waals surface area contributed by atoms with Crippen LogP contribution in [-0.2, 0) is 0 Å². The van der Waals surface area contributed by atoms with Crippen LogP contribution in [-0.4, -0.2) is 23.1 Å². The maximum Gasteiger partial charge on any atom is 0.315 e. The van der Waals surface area contributed by atoms with E-state index in [1.165, 1.54) is 0 Å².